The van der Waals surface area contributed by atoms with Gasteiger partial charge in [0.25, 0.3) is 0 Å². The van der Waals surface area contributed by atoms with E-state index in [0.29, 0.717) is 19.1 Å². The van der Waals surface area contributed by atoms with Crippen LogP contribution in [-0.4, -0.2) is 36.1 Å². The van der Waals surface area contributed by atoms with E-state index in [0.717, 1.165) is 43.1 Å². The number of carbonyl (C=O) groups is 2. The van der Waals surface area contributed by atoms with Crippen LogP contribution in [0.2, 0.25) is 0 Å². The van der Waals surface area contributed by atoms with Gasteiger partial charge in [-0.15, -0.1) is 11.6 Å². The predicted octanol–water partition coefficient (Wildman–Crippen LogP) is 3.90. The summed E-state index contributed by atoms with van der Waals surface area (Å²) in [5.41, 5.74) is 0.813. The minimum atomic E-state index is -0.968. The SMILES string of the molecule is O=C(O)C=Cc1ccc(OCCCCCCOC(=O)CCCl)cc1. The van der Waals surface area contributed by atoms with Gasteiger partial charge in [0.15, 0.2) is 0 Å². The smallest absolute Gasteiger partial charge is 0.328 e. The highest BCUT2D eigenvalue weighted by Crippen LogP contribution is 2.14. The zero-order chi connectivity index (χ0) is 17.6. The summed E-state index contributed by atoms with van der Waals surface area (Å²) in [6.45, 7) is 1.07. The molecule has 1 N–H and O–H groups in total. The topological polar surface area (TPSA) is 72.8 Å². The molecule has 0 spiro atoms. The molecule has 0 radical (unpaired) electrons. The molecule has 1 rings (SSSR count). The average Bonchev–Trinajstić information content (AvgIpc) is 2.56. The third-order valence-electron chi connectivity index (χ3n) is 3.17. The summed E-state index contributed by atoms with van der Waals surface area (Å²) in [7, 11) is 0. The lowest BCUT2D eigenvalue weighted by atomic mass is 10.2. The average molecular weight is 355 g/mol. The largest absolute Gasteiger partial charge is 0.494 e. The van der Waals surface area contributed by atoms with Crippen LogP contribution in [0.15, 0.2) is 30.3 Å². The lowest BCUT2D eigenvalue weighted by Gasteiger charge is -2.07. The minimum Gasteiger partial charge on any atom is -0.494 e. The van der Waals surface area contributed by atoms with Crippen LogP contribution < -0.4 is 4.74 Å². The first-order chi connectivity index (χ1) is 11.6. The molecule has 1 aromatic carbocycles. The zero-order valence-electron chi connectivity index (χ0n) is 13.6. The number of rotatable bonds is 12. The summed E-state index contributed by atoms with van der Waals surface area (Å²) in [4.78, 5) is 21.5. The minimum absolute atomic E-state index is 0.241. The molecule has 0 aliphatic heterocycles. The number of halogens is 1. The van der Waals surface area contributed by atoms with Gasteiger partial charge in [0, 0.05) is 12.0 Å². The van der Waals surface area contributed by atoms with E-state index in [9.17, 15) is 9.59 Å². The fourth-order valence-electron chi connectivity index (χ4n) is 1.93. The molecular weight excluding hydrogens is 332 g/mol. The molecule has 0 aliphatic carbocycles. The van der Waals surface area contributed by atoms with Crippen molar-refractivity contribution in [2.45, 2.75) is 32.1 Å². The van der Waals surface area contributed by atoms with E-state index in [4.69, 9.17) is 26.2 Å². The van der Waals surface area contributed by atoms with Gasteiger partial charge in [-0.25, -0.2) is 4.79 Å². The summed E-state index contributed by atoms with van der Waals surface area (Å²) in [6.07, 6.45) is 6.66. The van der Waals surface area contributed by atoms with E-state index in [2.05, 4.69) is 0 Å². The lowest BCUT2D eigenvalue weighted by molar-refractivity contribution is -0.143. The Morgan fingerprint density at radius 1 is 1.04 bits per heavy atom. The molecule has 0 heterocycles. The maximum absolute atomic E-state index is 11.1. The van der Waals surface area contributed by atoms with Gasteiger partial charge in [-0.2, -0.15) is 0 Å². The van der Waals surface area contributed by atoms with Crippen molar-refractivity contribution in [1.82, 2.24) is 0 Å². The summed E-state index contributed by atoms with van der Waals surface area (Å²) < 4.78 is 10.6. The fraction of sp³-hybridized carbons (Fsp3) is 0.444. The number of carbonyl (C=O) groups excluding carboxylic acids is 1. The van der Waals surface area contributed by atoms with Crippen LogP contribution in [0, 0.1) is 0 Å². The molecule has 0 bridgehead atoms. The standard InChI is InChI=1S/C18H23ClO5/c19-12-11-18(22)24-14-4-2-1-3-13-23-16-8-5-15(6-9-16)7-10-17(20)21/h5-10H,1-4,11-14H2,(H,20,21). The van der Waals surface area contributed by atoms with Crippen molar-refractivity contribution in [2.24, 2.45) is 0 Å². The number of esters is 1. The van der Waals surface area contributed by atoms with Crippen molar-refractivity contribution in [3.8, 4) is 5.75 Å². The van der Waals surface area contributed by atoms with Gasteiger partial charge in [0.1, 0.15) is 5.75 Å². The second kappa shape index (κ2) is 12.4. The van der Waals surface area contributed by atoms with E-state index < -0.39 is 5.97 Å². The van der Waals surface area contributed by atoms with Gasteiger partial charge in [-0.05, 0) is 49.5 Å². The zero-order valence-corrected chi connectivity index (χ0v) is 14.3. The summed E-state index contributed by atoms with van der Waals surface area (Å²) in [5.74, 6) is -0.149. The summed E-state index contributed by atoms with van der Waals surface area (Å²) in [6, 6.07) is 7.25. The van der Waals surface area contributed by atoms with Crippen molar-refractivity contribution >= 4 is 29.6 Å². The van der Waals surface area contributed by atoms with E-state index in [1.807, 2.05) is 24.3 Å². The first-order valence-corrected chi connectivity index (χ1v) is 8.50. The van der Waals surface area contributed by atoms with Crippen molar-refractivity contribution in [3.05, 3.63) is 35.9 Å². The summed E-state index contributed by atoms with van der Waals surface area (Å²) >= 11 is 5.44. The number of carboxylic acids is 1. The molecule has 0 unspecified atom stereocenters. The molecule has 0 saturated carbocycles. The van der Waals surface area contributed by atoms with Gasteiger partial charge in [0.2, 0.25) is 0 Å². The number of aliphatic carboxylic acids is 1. The highest BCUT2D eigenvalue weighted by molar-refractivity contribution is 6.18. The third kappa shape index (κ3) is 9.90. The quantitative estimate of drug-likeness (QED) is 0.267. The van der Waals surface area contributed by atoms with Crippen molar-refractivity contribution < 1.29 is 24.2 Å². The summed E-state index contributed by atoms with van der Waals surface area (Å²) in [5, 5.41) is 8.56. The molecule has 132 valence electrons. The maximum Gasteiger partial charge on any atom is 0.328 e. The Morgan fingerprint density at radius 2 is 1.71 bits per heavy atom. The first-order valence-electron chi connectivity index (χ1n) is 7.97. The van der Waals surface area contributed by atoms with Gasteiger partial charge in [-0.3, -0.25) is 4.79 Å². The Kier molecular flexibility index (Phi) is 10.4. The highest BCUT2D eigenvalue weighted by atomic mass is 35.5. The lowest BCUT2D eigenvalue weighted by Crippen LogP contribution is -2.06. The second-order valence-electron chi connectivity index (χ2n) is 5.16. The predicted molar refractivity (Wildman–Crippen MR) is 93.4 cm³/mol. The van der Waals surface area contributed by atoms with Crippen LogP contribution in [-0.2, 0) is 14.3 Å². The van der Waals surface area contributed by atoms with Gasteiger partial charge >= 0.3 is 11.9 Å². The second-order valence-corrected chi connectivity index (χ2v) is 5.54. The van der Waals surface area contributed by atoms with Crippen molar-refractivity contribution in [2.75, 3.05) is 19.1 Å². The Morgan fingerprint density at radius 3 is 2.33 bits per heavy atom. The molecule has 0 aromatic heterocycles. The molecule has 24 heavy (non-hydrogen) atoms. The Balaban J connectivity index is 2.07. The van der Waals surface area contributed by atoms with Crippen LogP contribution in [0.25, 0.3) is 6.08 Å². The molecule has 5 nitrogen and oxygen atoms in total. The number of alkyl halides is 1. The number of benzene rings is 1. The normalized spacial score (nSPS) is 10.7. The number of unbranched alkanes of at least 4 members (excludes halogenated alkanes) is 3. The first kappa shape index (κ1) is 20.0. The number of ether oxygens (including phenoxy) is 2. The monoisotopic (exact) mass is 354 g/mol. The van der Waals surface area contributed by atoms with Gasteiger partial charge in [0.05, 0.1) is 19.6 Å². The van der Waals surface area contributed by atoms with Crippen molar-refractivity contribution in [1.29, 1.82) is 0 Å². The maximum atomic E-state index is 11.1. The molecule has 0 saturated heterocycles. The number of hydrogen-bond donors (Lipinski definition) is 1. The van der Waals surface area contributed by atoms with Gasteiger partial charge in [-0.1, -0.05) is 12.1 Å². The molecule has 0 atom stereocenters. The molecule has 0 aliphatic rings. The van der Waals surface area contributed by atoms with Crippen molar-refractivity contribution in [3.63, 3.8) is 0 Å². The third-order valence-corrected chi connectivity index (χ3v) is 3.36. The fourth-order valence-corrected chi connectivity index (χ4v) is 2.08. The number of carboxylic acid groups (broad SMARTS) is 1. The van der Waals surface area contributed by atoms with E-state index in [-0.39, 0.29) is 12.4 Å². The van der Waals surface area contributed by atoms with Crippen LogP contribution in [0.3, 0.4) is 0 Å². The van der Waals surface area contributed by atoms with Crippen LogP contribution >= 0.6 is 11.6 Å². The Labute approximate surface area is 147 Å². The number of hydrogen-bond acceptors (Lipinski definition) is 4. The van der Waals surface area contributed by atoms with Crippen LogP contribution in [0.5, 0.6) is 5.75 Å². The molecule has 0 fully saturated rings. The molecular formula is C18H23ClO5. The Hall–Kier alpha value is -2.01. The van der Waals surface area contributed by atoms with E-state index in [1.54, 1.807) is 0 Å². The highest BCUT2D eigenvalue weighted by Gasteiger charge is 2.00. The van der Waals surface area contributed by atoms with Gasteiger partial charge < -0.3 is 14.6 Å². The Bertz CT molecular complexity index is 525. The van der Waals surface area contributed by atoms with Crippen LogP contribution in [0.4, 0.5) is 0 Å². The molecule has 1 aromatic rings. The van der Waals surface area contributed by atoms with E-state index in [1.165, 1.54) is 6.08 Å². The van der Waals surface area contributed by atoms with E-state index >= 15 is 0 Å². The molecule has 6 heteroatoms. The molecule has 0 amide bonds. The van der Waals surface area contributed by atoms with Crippen LogP contribution in [0.1, 0.15) is 37.7 Å².